The summed E-state index contributed by atoms with van der Waals surface area (Å²) in [5.41, 5.74) is 2.83. The van der Waals surface area contributed by atoms with Gasteiger partial charge in [0.2, 0.25) is 0 Å². The van der Waals surface area contributed by atoms with Gasteiger partial charge >= 0.3 is 0 Å². The summed E-state index contributed by atoms with van der Waals surface area (Å²) >= 11 is 1.61. The highest BCUT2D eigenvalue weighted by Gasteiger charge is 2.11. The van der Waals surface area contributed by atoms with Crippen molar-refractivity contribution in [2.45, 2.75) is 17.8 Å². The summed E-state index contributed by atoms with van der Waals surface area (Å²) in [5, 5.41) is 18.3. The summed E-state index contributed by atoms with van der Waals surface area (Å²) in [6, 6.07) is 19.9. The number of thioether (sulfide) groups is 1. The van der Waals surface area contributed by atoms with Crippen LogP contribution in [0, 0.1) is 18.3 Å². The van der Waals surface area contributed by atoms with E-state index in [-0.39, 0.29) is 0 Å². The van der Waals surface area contributed by atoms with Gasteiger partial charge in [-0.25, -0.2) is 0 Å². The molecule has 2 aromatic carbocycles. The van der Waals surface area contributed by atoms with Crippen molar-refractivity contribution >= 4 is 11.8 Å². The Morgan fingerprint density at radius 2 is 1.91 bits per heavy atom. The molecule has 0 saturated heterocycles. The van der Waals surface area contributed by atoms with Gasteiger partial charge in [0.25, 0.3) is 0 Å². The lowest BCUT2D eigenvalue weighted by Crippen LogP contribution is -1.98. The van der Waals surface area contributed by atoms with E-state index < -0.39 is 0 Å². The van der Waals surface area contributed by atoms with Crippen LogP contribution in [-0.4, -0.2) is 14.8 Å². The van der Waals surface area contributed by atoms with E-state index in [1.165, 1.54) is 0 Å². The molecule has 22 heavy (non-hydrogen) atoms. The van der Waals surface area contributed by atoms with Gasteiger partial charge < -0.3 is 0 Å². The predicted molar refractivity (Wildman–Crippen MR) is 86.8 cm³/mol. The van der Waals surface area contributed by atoms with Gasteiger partial charge in [0.1, 0.15) is 5.82 Å². The molecule has 0 radical (unpaired) electrons. The molecule has 0 bridgehead atoms. The van der Waals surface area contributed by atoms with Gasteiger partial charge in [0, 0.05) is 11.4 Å². The van der Waals surface area contributed by atoms with Crippen molar-refractivity contribution < 1.29 is 0 Å². The number of hydrogen-bond acceptors (Lipinski definition) is 4. The Bertz CT molecular complexity index is 818. The molecule has 0 amide bonds. The molecule has 0 N–H and O–H groups in total. The fraction of sp³-hybridized carbons (Fsp3) is 0.118. The summed E-state index contributed by atoms with van der Waals surface area (Å²) in [6.07, 6.45) is 0. The quantitative estimate of drug-likeness (QED) is 0.689. The molecule has 108 valence electrons. The van der Waals surface area contributed by atoms with E-state index in [1.807, 2.05) is 66.1 Å². The summed E-state index contributed by atoms with van der Waals surface area (Å²) < 4.78 is 2.04. The molecule has 0 atom stereocenters. The van der Waals surface area contributed by atoms with E-state index >= 15 is 0 Å². The number of aromatic nitrogens is 3. The van der Waals surface area contributed by atoms with E-state index in [4.69, 9.17) is 5.26 Å². The molecule has 0 spiro atoms. The van der Waals surface area contributed by atoms with Crippen molar-refractivity contribution in [1.82, 2.24) is 14.8 Å². The lowest BCUT2D eigenvalue weighted by Gasteiger charge is -2.08. The van der Waals surface area contributed by atoms with Crippen LogP contribution in [0.4, 0.5) is 0 Å². The smallest absolute Gasteiger partial charge is 0.196 e. The Balaban J connectivity index is 1.83. The minimum atomic E-state index is 0.679. The number of nitrogens with zero attached hydrogens (tertiary/aromatic N) is 4. The number of para-hydroxylation sites is 1. The topological polar surface area (TPSA) is 54.5 Å². The minimum Gasteiger partial charge on any atom is -0.274 e. The van der Waals surface area contributed by atoms with Gasteiger partial charge in [-0.2, -0.15) is 5.26 Å². The highest BCUT2D eigenvalue weighted by molar-refractivity contribution is 7.98. The molecule has 5 heteroatoms. The van der Waals surface area contributed by atoms with Gasteiger partial charge in [-0.1, -0.05) is 42.1 Å². The molecule has 4 nitrogen and oxygen atoms in total. The number of nitriles is 1. The fourth-order valence-electron chi connectivity index (χ4n) is 2.19. The molecule has 0 aliphatic carbocycles. The SMILES string of the molecule is Cc1nnc(SCc2cccc(C#N)c2)n1-c1ccccc1. The van der Waals surface area contributed by atoms with Gasteiger partial charge in [0.15, 0.2) is 5.16 Å². The van der Waals surface area contributed by atoms with Crippen molar-refractivity contribution in [3.05, 3.63) is 71.5 Å². The average molecular weight is 306 g/mol. The van der Waals surface area contributed by atoms with Crippen molar-refractivity contribution in [2.75, 3.05) is 0 Å². The molecule has 0 aliphatic heterocycles. The second kappa shape index (κ2) is 6.46. The third-order valence-electron chi connectivity index (χ3n) is 3.23. The van der Waals surface area contributed by atoms with Crippen molar-refractivity contribution in [1.29, 1.82) is 5.26 Å². The van der Waals surface area contributed by atoms with Crippen molar-refractivity contribution in [3.8, 4) is 11.8 Å². The summed E-state index contributed by atoms with van der Waals surface area (Å²) in [7, 11) is 0. The highest BCUT2D eigenvalue weighted by atomic mass is 32.2. The first-order chi connectivity index (χ1) is 10.8. The van der Waals surface area contributed by atoms with Crippen LogP contribution in [0.25, 0.3) is 5.69 Å². The van der Waals surface area contributed by atoms with Gasteiger partial charge in [0.05, 0.1) is 11.6 Å². The van der Waals surface area contributed by atoms with E-state index in [0.29, 0.717) is 5.56 Å². The average Bonchev–Trinajstić information content (AvgIpc) is 2.94. The van der Waals surface area contributed by atoms with Crippen molar-refractivity contribution in [2.24, 2.45) is 0 Å². The number of rotatable bonds is 4. The van der Waals surface area contributed by atoms with Crippen LogP contribution >= 0.6 is 11.8 Å². The Labute approximate surface area is 133 Å². The van der Waals surface area contributed by atoms with E-state index in [9.17, 15) is 0 Å². The molecule has 3 aromatic rings. The van der Waals surface area contributed by atoms with E-state index in [1.54, 1.807) is 11.8 Å². The zero-order valence-corrected chi connectivity index (χ0v) is 12.9. The zero-order valence-electron chi connectivity index (χ0n) is 12.1. The Kier molecular flexibility index (Phi) is 4.22. The lowest BCUT2D eigenvalue weighted by molar-refractivity contribution is 0.868. The minimum absolute atomic E-state index is 0.679. The standard InChI is InChI=1S/C17H14N4S/c1-13-19-20-17(21(13)16-8-3-2-4-9-16)22-12-15-7-5-6-14(10-15)11-18/h2-10H,12H2,1H3. The highest BCUT2D eigenvalue weighted by Crippen LogP contribution is 2.25. The van der Waals surface area contributed by atoms with Crippen LogP contribution in [0.5, 0.6) is 0 Å². The Morgan fingerprint density at radius 3 is 2.68 bits per heavy atom. The molecular formula is C17H14N4S. The lowest BCUT2D eigenvalue weighted by atomic mass is 10.2. The van der Waals surface area contributed by atoms with Crippen LogP contribution in [0.3, 0.4) is 0 Å². The third-order valence-corrected chi connectivity index (χ3v) is 4.23. The number of hydrogen-bond donors (Lipinski definition) is 0. The summed E-state index contributed by atoms with van der Waals surface area (Å²) in [5.74, 6) is 1.61. The van der Waals surface area contributed by atoms with Crippen LogP contribution in [0.2, 0.25) is 0 Å². The summed E-state index contributed by atoms with van der Waals surface area (Å²) in [4.78, 5) is 0. The number of aryl methyl sites for hydroxylation is 1. The molecule has 0 unspecified atom stereocenters. The molecule has 1 aromatic heterocycles. The second-order valence-corrected chi connectivity index (χ2v) is 5.74. The first-order valence-corrected chi connectivity index (χ1v) is 7.86. The van der Waals surface area contributed by atoms with E-state index in [0.717, 1.165) is 28.0 Å². The first kappa shape index (κ1) is 14.4. The summed E-state index contributed by atoms with van der Waals surface area (Å²) in [6.45, 7) is 1.94. The monoisotopic (exact) mass is 306 g/mol. The van der Waals surface area contributed by atoms with Crippen LogP contribution < -0.4 is 0 Å². The predicted octanol–water partition coefficient (Wildman–Crippen LogP) is 3.74. The van der Waals surface area contributed by atoms with Crippen molar-refractivity contribution in [3.63, 3.8) is 0 Å². The maximum atomic E-state index is 8.96. The normalized spacial score (nSPS) is 10.4. The van der Waals surface area contributed by atoms with Gasteiger partial charge in [-0.3, -0.25) is 4.57 Å². The molecule has 3 rings (SSSR count). The molecule has 1 heterocycles. The van der Waals surface area contributed by atoms with Crippen LogP contribution in [0.15, 0.2) is 59.8 Å². The molecule has 0 fully saturated rings. The van der Waals surface area contributed by atoms with Gasteiger partial charge in [-0.05, 0) is 36.8 Å². The maximum absolute atomic E-state index is 8.96. The van der Waals surface area contributed by atoms with Crippen LogP contribution in [-0.2, 0) is 5.75 Å². The Hall–Kier alpha value is -2.58. The van der Waals surface area contributed by atoms with Crippen LogP contribution in [0.1, 0.15) is 17.0 Å². The second-order valence-electron chi connectivity index (χ2n) is 4.80. The largest absolute Gasteiger partial charge is 0.274 e. The number of benzene rings is 2. The zero-order chi connectivity index (χ0) is 15.4. The Morgan fingerprint density at radius 1 is 1.09 bits per heavy atom. The molecular weight excluding hydrogens is 292 g/mol. The first-order valence-electron chi connectivity index (χ1n) is 6.87. The molecule has 0 saturated carbocycles. The van der Waals surface area contributed by atoms with E-state index in [2.05, 4.69) is 16.3 Å². The maximum Gasteiger partial charge on any atom is 0.196 e. The van der Waals surface area contributed by atoms with Gasteiger partial charge in [-0.15, -0.1) is 10.2 Å². The fourth-order valence-corrected chi connectivity index (χ4v) is 3.13. The third kappa shape index (κ3) is 3.02. The molecule has 0 aliphatic rings.